The second-order valence-electron chi connectivity index (χ2n) is 8.25. The second-order valence-corrected chi connectivity index (χ2v) is 8.64. The van der Waals surface area contributed by atoms with Gasteiger partial charge in [-0.2, -0.15) is 5.26 Å². The Kier molecular flexibility index (Phi) is 8.01. The van der Waals surface area contributed by atoms with Gasteiger partial charge in [-0.05, 0) is 58.2 Å². The normalized spacial score (nSPS) is 13.1. The highest BCUT2D eigenvalue weighted by Crippen LogP contribution is 2.26. The molecule has 2 unspecified atom stereocenters. The number of ether oxygens (including phenoxy) is 2. The van der Waals surface area contributed by atoms with E-state index in [0.717, 1.165) is 5.56 Å². The fourth-order valence-electron chi connectivity index (χ4n) is 2.87. The third-order valence-corrected chi connectivity index (χ3v) is 4.28. The maximum absolute atomic E-state index is 11.9. The Morgan fingerprint density at radius 2 is 2.00 bits per heavy atom. The van der Waals surface area contributed by atoms with Gasteiger partial charge in [0.05, 0.1) is 17.9 Å². The van der Waals surface area contributed by atoms with E-state index in [1.54, 1.807) is 18.2 Å². The van der Waals surface area contributed by atoms with Crippen molar-refractivity contribution in [3.8, 4) is 23.1 Å². The summed E-state index contributed by atoms with van der Waals surface area (Å²) in [5, 5.41) is 12.7. The first-order chi connectivity index (χ1) is 14.1. The van der Waals surface area contributed by atoms with Gasteiger partial charge in [-0.1, -0.05) is 18.5 Å². The third-order valence-electron chi connectivity index (χ3n) is 4.07. The number of alkyl carbamates (subject to hydrolysis) is 1. The first-order valence-corrected chi connectivity index (χ1v) is 10.1. The van der Waals surface area contributed by atoms with E-state index < -0.39 is 11.7 Å². The fourth-order valence-corrected chi connectivity index (χ4v) is 3.01. The van der Waals surface area contributed by atoms with Crippen LogP contribution in [0, 0.1) is 17.2 Å². The fraction of sp³-hybridized carbons (Fsp3) is 0.455. The minimum Gasteiger partial charge on any atom is -0.492 e. The van der Waals surface area contributed by atoms with E-state index in [-0.39, 0.29) is 12.0 Å². The van der Waals surface area contributed by atoms with E-state index in [1.165, 1.54) is 6.33 Å². The molecule has 7 nitrogen and oxygen atoms in total. The Hall–Kier alpha value is -2.85. The minimum absolute atomic E-state index is 0.0706. The van der Waals surface area contributed by atoms with E-state index in [0.29, 0.717) is 35.2 Å². The van der Waals surface area contributed by atoms with E-state index in [1.807, 2.05) is 40.7 Å². The standard InChI is InChI=1S/C22H27ClN4O3/c1-14(8-15(2)27-21(28)30-22(3,4)5)12-29-19-7-6-16(9-17(19)11-24)18-10-20(23)26-13-25-18/h6-7,9-10,13-15H,8,12H2,1-5H3,(H,27,28). The maximum atomic E-state index is 11.9. The largest absolute Gasteiger partial charge is 0.492 e. The Morgan fingerprint density at radius 1 is 1.27 bits per heavy atom. The lowest BCUT2D eigenvalue weighted by molar-refractivity contribution is 0.0500. The van der Waals surface area contributed by atoms with Crippen molar-refractivity contribution in [3.63, 3.8) is 0 Å². The van der Waals surface area contributed by atoms with E-state index in [2.05, 4.69) is 21.4 Å². The lowest BCUT2D eigenvalue weighted by atomic mass is 10.0. The first-order valence-electron chi connectivity index (χ1n) is 9.71. The molecule has 2 aromatic rings. The van der Waals surface area contributed by atoms with Crippen LogP contribution >= 0.6 is 11.6 Å². The maximum Gasteiger partial charge on any atom is 0.407 e. The zero-order chi connectivity index (χ0) is 22.3. The van der Waals surface area contributed by atoms with Crippen molar-refractivity contribution in [1.29, 1.82) is 5.26 Å². The molecule has 0 radical (unpaired) electrons. The van der Waals surface area contributed by atoms with Crippen LogP contribution in [0.15, 0.2) is 30.6 Å². The molecule has 0 saturated heterocycles. The van der Waals surface area contributed by atoms with Gasteiger partial charge in [0.2, 0.25) is 0 Å². The SMILES string of the molecule is CC(COc1ccc(-c2cc(Cl)ncn2)cc1C#N)CC(C)NC(=O)OC(C)(C)C. The monoisotopic (exact) mass is 430 g/mol. The number of rotatable bonds is 7. The zero-order valence-electron chi connectivity index (χ0n) is 17.9. The van der Waals surface area contributed by atoms with Crippen LogP contribution in [-0.2, 0) is 4.74 Å². The average Bonchev–Trinajstić information content (AvgIpc) is 2.64. The summed E-state index contributed by atoms with van der Waals surface area (Å²) in [5.41, 5.74) is 1.27. The van der Waals surface area contributed by atoms with Gasteiger partial charge in [0.25, 0.3) is 0 Å². The number of hydrogen-bond acceptors (Lipinski definition) is 6. The smallest absolute Gasteiger partial charge is 0.407 e. The third kappa shape index (κ3) is 7.53. The molecule has 0 bridgehead atoms. The molecule has 0 aliphatic carbocycles. The molecule has 1 N–H and O–H groups in total. The topological polar surface area (TPSA) is 97.1 Å². The number of nitriles is 1. The number of halogens is 1. The molecule has 1 heterocycles. The summed E-state index contributed by atoms with van der Waals surface area (Å²) in [5.74, 6) is 0.655. The first kappa shape index (κ1) is 23.4. The van der Waals surface area contributed by atoms with E-state index >= 15 is 0 Å². The molecular weight excluding hydrogens is 404 g/mol. The van der Waals surface area contributed by atoms with Crippen LogP contribution in [0.1, 0.15) is 46.6 Å². The van der Waals surface area contributed by atoms with Gasteiger partial charge in [-0.3, -0.25) is 0 Å². The Labute approximate surface area is 182 Å². The number of aromatic nitrogens is 2. The summed E-state index contributed by atoms with van der Waals surface area (Å²) in [6, 6.07) is 9.01. The molecule has 1 aromatic heterocycles. The van der Waals surface area contributed by atoms with Crippen LogP contribution in [0.2, 0.25) is 5.15 Å². The summed E-state index contributed by atoms with van der Waals surface area (Å²) in [4.78, 5) is 19.9. The molecule has 1 amide bonds. The van der Waals surface area contributed by atoms with Gasteiger partial charge in [0.15, 0.2) is 0 Å². The molecule has 0 fully saturated rings. The van der Waals surface area contributed by atoms with Gasteiger partial charge >= 0.3 is 6.09 Å². The second kappa shape index (κ2) is 10.3. The molecule has 0 saturated carbocycles. The number of carbonyl (C=O) groups excluding carboxylic acids is 1. The van der Waals surface area contributed by atoms with Crippen molar-refractivity contribution in [2.45, 2.75) is 52.7 Å². The quantitative estimate of drug-likeness (QED) is 0.621. The number of carbonyl (C=O) groups is 1. The number of nitrogens with one attached hydrogen (secondary N) is 1. The molecule has 160 valence electrons. The number of nitrogens with zero attached hydrogens (tertiary/aromatic N) is 3. The van der Waals surface area contributed by atoms with Gasteiger partial charge < -0.3 is 14.8 Å². The highest BCUT2D eigenvalue weighted by molar-refractivity contribution is 6.29. The van der Waals surface area contributed by atoms with E-state index in [9.17, 15) is 10.1 Å². The number of benzene rings is 1. The Bertz CT molecular complexity index is 921. The zero-order valence-corrected chi connectivity index (χ0v) is 18.7. The molecule has 2 rings (SSSR count). The van der Waals surface area contributed by atoms with Gasteiger partial charge in [-0.25, -0.2) is 14.8 Å². The minimum atomic E-state index is -0.532. The lowest BCUT2D eigenvalue weighted by Gasteiger charge is -2.23. The average molecular weight is 431 g/mol. The number of amides is 1. The van der Waals surface area contributed by atoms with Crippen LogP contribution in [-0.4, -0.2) is 34.3 Å². The predicted molar refractivity (Wildman–Crippen MR) is 115 cm³/mol. The van der Waals surface area contributed by atoms with Crippen LogP contribution in [0.4, 0.5) is 4.79 Å². The van der Waals surface area contributed by atoms with Crippen molar-refractivity contribution < 1.29 is 14.3 Å². The summed E-state index contributed by atoms with van der Waals surface area (Å²) in [6.45, 7) is 9.83. The molecule has 2 atom stereocenters. The Morgan fingerprint density at radius 3 is 2.63 bits per heavy atom. The summed E-state index contributed by atoms with van der Waals surface area (Å²) >= 11 is 5.91. The molecule has 8 heteroatoms. The Balaban J connectivity index is 1.93. The van der Waals surface area contributed by atoms with Crippen molar-refractivity contribution >= 4 is 17.7 Å². The van der Waals surface area contributed by atoms with Gasteiger partial charge in [-0.15, -0.1) is 0 Å². The highest BCUT2D eigenvalue weighted by atomic mass is 35.5. The van der Waals surface area contributed by atoms with Gasteiger partial charge in [0, 0.05) is 17.7 Å². The van der Waals surface area contributed by atoms with Crippen LogP contribution < -0.4 is 10.1 Å². The van der Waals surface area contributed by atoms with E-state index in [4.69, 9.17) is 21.1 Å². The highest BCUT2D eigenvalue weighted by Gasteiger charge is 2.19. The predicted octanol–water partition coefficient (Wildman–Crippen LogP) is 4.99. The lowest BCUT2D eigenvalue weighted by Crippen LogP contribution is -2.38. The van der Waals surface area contributed by atoms with Crippen molar-refractivity contribution in [1.82, 2.24) is 15.3 Å². The van der Waals surface area contributed by atoms with Crippen LogP contribution in [0.5, 0.6) is 5.75 Å². The van der Waals surface area contributed by atoms with Crippen molar-refractivity contribution in [2.75, 3.05) is 6.61 Å². The molecule has 0 aliphatic rings. The molecule has 0 spiro atoms. The van der Waals surface area contributed by atoms with Crippen molar-refractivity contribution in [3.05, 3.63) is 41.3 Å². The molecule has 1 aromatic carbocycles. The van der Waals surface area contributed by atoms with Gasteiger partial charge in [0.1, 0.15) is 28.9 Å². The molecule has 0 aliphatic heterocycles. The van der Waals surface area contributed by atoms with Crippen molar-refractivity contribution in [2.24, 2.45) is 5.92 Å². The summed E-state index contributed by atoms with van der Waals surface area (Å²) < 4.78 is 11.1. The molecule has 30 heavy (non-hydrogen) atoms. The number of hydrogen-bond donors (Lipinski definition) is 1. The summed E-state index contributed by atoms with van der Waals surface area (Å²) in [6.07, 6.45) is 1.65. The summed E-state index contributed by atoms with van der Waals surface area (Å²) in [7, 11) is 0. The van der Waals surface area contributed by atoms with Crippen LogP contribution in [0.3, 0.4) is 0 Å². The van der Waals surface area contributed by atoms with Crippen LogP contribution in [0.25, 0.3) is 11.3 Å². The molecular formula is C22H27ClN4O3.